The zero-order valence-corrected chi connectivity index (χ0v) is 17.2. The summed E-state index contributed by atoms with van der Waals surface area (Å²) in [7, 11) is 0. The molecule has 146 valence electrons. The van der Waals surface area contributed by atoms with Gasteiger partial charge in [0.2, 0.25) is 5.91 Å². The van der Waals surface area contributed by atoms with Crippen molar-refractivity contribution < 1.29 is 4.79 Å². The normalized spacial score (nSPS) is 10.8. The number of thioether (sulfide) groups is 1. The number of nitrogens with one attached hydrogen (secondary N) is 1. The summed E-state index contributed by atoms with van der Waals surface area (Å²) in [5.41, 5.74) is 10.5. The third-order valence-electron chi connectivity index (χ3n) is 4.54. The number of hydrogen-bond donors (Lipinski definition) is 2. The van der Waals surface area contributed by atoms with Gasteiger partial charge in [-0.15, -0.1) is 10.2 Å². The summed E-state index contributed by atoms with van der Waals surface area (Å²) in [5, 5.41) is 12.4. The van der Waals surface area contributed by atoms with E-state index in [4.69, 9.17) is 5.73 Å². The molecule has 0 spiro atoms. The van der Waals surface area contributed by atoms with E-state index < -0.39 is 0 Å². The van der Waals surface area contributed by atoms with E-state index in [0.717, 1.165) is 39.8 Å². The predicted octanol–water partition coefficient (Wildman–Crippen LogP) is 4.15. The minimum Gasteiger partial charge on any atom is -0.399 e. The Morgan fingerprint density at radius 1 is 1.14 bits per heavy atom. The van der Waals surface area contributed by atoms with Gasteiger partial charge in [0.15, 0.2) is 11.0 Å². The Bertz CT molecular complexity index is 965. The maximum Gasteiger partial charge on any atom is 0.234 e. The number of aryl methyl sites for hydroxylation is 2. The Balaban J connectivity index is 1.71. The summed E-state index contributed by atoms with van der Waals surface area (Å²) in [5.74, 6) is 1.00. The van der Waals surface area contributed by atoms with Gasteiger partial charge < -0.3 is 15.6 Å². The van der Waals surface area contributed by atoms with Gasteiger partial charge in [0.05, 0.1) is 5.75 Å². The first-order chi connectivity index (χ1) is 13.5. The van der Waals surface area contributed by atoms with Crippen molar-refractivity contribution in [2.45, 2.75) is 38.9 Å². The van der Waals surface area contributed by atoms with Gasteiger partial charge in [-0.25, -0.2) is 0 Å². The molecule has 28 heavy (non-hydrogen) atoms. The number of aromatic nitrogens is 3. The average molecular weight is 396 g/mol. The van der Waals surface area contributed by atoms with Crippen molar-refractivity contribution in [3.8, 4) is 11.4 Å². The van der Waals surface area contributed by atoms with Crippen molar-refractivity contribution in [3.63, 3.8) is 0 Å². The van der Waals surface area contributed by atoms with Gasteiger partial charge in [0.25, 0.3) is 0 Å². The highest BCUT2D eigenvalue weighted by molar-refractivity contribution is 7.99. The summed E-state index contributed by atoms with van der Waals surface area (Å²) >= 11 is 1.39. The van der Waals surface area contributed by atoms with Crippen molar-refractivity contribution in [3.05, 3.63) is 53.6 Å². The van der Waals surface area contributed by atoms with E-state index in [-0.39, 0.29) is 11.7 Å². The van der Waals surface area contributed by atoms with Crippen LogP contribution in [-0.4, -0.2) is 26.4 Å². The van der Waals surface area contributed by atoms with Crippen LogP contribution < -0.4 is 11.1 Å². The molecule has 6 nitrogen and oxygen atoms in total. The number of carbonyl (C=O) groups is 1. The number of nitrogens with zero attached hydrogens (tertiary/aromatic N) is 3. The molecule has 1 aromatic heterocycles. The highest BCUT2D eigenvalue weighted by Crippen LogP contribution is 2.26. The number of carbonyl (C=O) groups excluding carboxylic acids is 1. The van der Waals surface area contributed by atoms with Crippen LogP contribution in [0.5, 0.6) is 0 Å². The lowest BCUT2D eigenvalue weighted by atomic mass is 10.1. The van der Waals surface area contributed by atoms with E-state index in [1.165, 1.54) is 11.8 Å². The minimum absolute atomic E-state index is 0.0475. The SMILES string of the molecule is CCc1cccc(C)c1NC(=O)CSc1nnc(-c2ccc(N)cc2)n1CC. The standard InChI is InChI=1S/C21H25N5OS/c1-4-15-8-6-7-14(3)19(15)23-18(27)13-28-21-25-24-20(26(21)5-2)16-9-11-17(22)12-10-16/h6-12H,4-5,13,22H2,1-3H3,(H,23,27). The Morgan fingerprint density at radius 3 is 2.57 bits per heavy atom. The molecule has 2 aromatic carbocycles. The molecular formula is C21H25N5OS. The van der Waals surface area contributed by atoms with Gasteiger partial charge in [-0.05, 0) is 55.7 Å². The van der Waals surface area contributed by atoms with Crippen molar-refractivity contribution in [1.82, 2.24) is 14.8 Å². The molecule has 0 aliphatic carbocycles. The van der Waals surface area contributed by atoms with Crippen molar-refractivity contribution in [2.24, 2.45) is 0 Å². The van der Waals surface area contributed by atoms with Crippen molar-refractivity contribution in [2.75, 3.05) is 16.8 Å². The second-order valence-electron chi connectivity index (χ2n) is 6.47. The predicted molar refractivity (Wildman–Crippen MR) is 115 cm³/mol. The molecule has 1 amide bonds. The number of hydrogen-bond acceptors (Lipinski definition) is 5. The van der Waals surface area contributed by atoms with Gasteiger partial charge in [0.1, 0.15) is 0 Å². The Hall–Kier alpha value is -2.80. The van der Waals surface area contributed by atoms with Crippen LogP contribution in [-0.2, 0) is 17.8 Å². The lowest BCUT2D eigenvalue weighted by Gasteiger charge is -2.13. The third-order valence-corrected chi connectivity index (χ3v) is 5.51. The highest BCUT2D eigenvalue weighted by Gasteiger charge is 2.15. The molecule has 0 aliphatic heterocycles. The van der Waals surface area contributed by atoms with Crippen LogP contribution in [0, 0.1) is 6.92 Å². The second kappa shape index (κ2) is 8.93. The quantitative estimate of drug-likeness (QED) is 0.464. The molecular weight excluding hydrogens is 370 g/mol. The molecule has 3 rings (SSSR count). The van der Waals surface area contributed by atoms with Crippen LogP contribution >= 0.6 is 11.8 Å². The number of anilines is 2. The molecule has 0 unspecified atom stereocenters. The maximum absolute atomic E-state index is 12.5. The molecule has 1 heterocycles. The van der Waals surface area contributed by atoms with Crippen LogP contribution in [0.1, 0.15) is 25.0 Å². The smallest absolute Gasteiger partial charge is 0.234 e. The first-order valence-electron chi connectivity index (χ1n) is 9.33. The van der Waals surface area contributed by atoms with Gasteiger partial charge in [0, 0.05) is 23.5 Å². The van der Waals surface area contributed by atoms with E-state index >= 15 is 0 Å². The van der Waals surface area contributed by atoms with Gasteiger partial charge >= 0.3 is 0 Å². The molecule has 0 bridgehead atoms. The summed E-state index contributed by atoms with van der Waals surface area (Å²) in [6.07, 6.45) is 0.875. The summed E-state index contributed by atoms with van der Waals surface area (Å²) in [6, 6.07) is 13.6. The van der Waals surface area contributed by atoms with E-state index in [1.54, 1.807) is 0 Å². The Labute approximate surface area is 169 Å². The maximum atomic E-state index is 12.5. The first-order valence-corrected chi connectivity index (χ1v) is 10.3. The molecule has 3 N–H and O–H groups in total. The summed E-state index contributed by atoms with van der Waals surface area (Å²) < 4.78 is 2.01. The van der Waals surface area contributed by atoms with Gasteiger partial charge in [-0.1, -0.05) is 36.9 Å². The zero-order valence-electron chi connectivity index (χ0n) is 16.4. The zero-order chi connectivity index (χ0) is 20.1. The number of benzene rings is 2. The van der Waals surface area contributed by atoms with Crippen molar-refractivity contribution >= 4 is 29.0 Å². The van der Waals surface area contributed by atoms with Crippen molar-refractivity contribution in [1.29, 1.82) is 0 Å². The molecule has 0 aliphatic rings. The Morgan fingerprint density at radius 2 is 1.89 bits per heavy atom. The lowest BCUT2D eigenvalue weighted by Crippen LogP contribution is -2.16. The number of amides is 1. The van der Waals surface area contributed by atoms with Crippen LogP contribution in [0.15, 0.2) is 47.6 Å². The number of nitrogens with two attached hydrogens (primary N) is 1. The largest absolute Gasteiger partial charge is 0.399 e. The molecule has 0 saturated heterocycles. The fraction of sp³-hybridized carbons (Fsp3) is 0.286. The summed E-state index contributed by atoms with van der Waals surface area (Å²) in [6.45, 7) is 6.85. The van der Waals surface area contributed by atoms with E-state index in [0.29, 0.717) is 12.2 Å². The van der Waals surface area contributed by atoms with E-state index in [9.17, 15) is 4.79 Å². The van der Waals surface area contributed by atoms with E-state index in [1.807, 2.05) is 60.9 Å². The molecule has 0 atom stereocenters. The second-order valence-corrected chi connectivity index (χ2v) is 7.41. The minimum atomic E-state index is -0.0475. The average Bonchev–Trinajstić information content (AvgIpc) is 3.11. The van der Waals surface area contributed by atoms with Crippen LogP contribution in [0.2, 0.25) is 0 Å². The monoisotopic (exact) mass is 395 g/mol. The fourth-order valence-corrected chi connectivity index (χ4v) is 3.84. The Kier molecular flexibility index (Phi) is 6.36. The molecule has 0 fully saturated rings. The number of rotatable bonds is 7. The van der Waals surface area contributed by atoms with Crippen LogP contribution in [0.25, 0.3) is 11.4 Å². The van der Waals surface area contributed by atoms with Gasteiger partial charge in [-0.3, -0.25) is 4.79 Å². The fourth-order valence-electron chi connectivity index (χ4n) is 3.03. The van der Waals surface area contributed by atoms with Gasteiger partial charge in [-0.2, -0.15) is 0 Å². The topological polar surface area (TPSA) is 85.8 Å². The van der Waals surface area contributed by atoms with Crippen LogP contribution in [0.3, 0.4) is 0 Å². The van der Waals surface area contributed by atoms with E-state index in [2.05, 4.69) is 22.4 Å². The third kappa shape index (κ3) is 4.36. The van der Waals surface area contributed by atoms with Crippen LogP contribution in [0.4, 0.5) is 11.4 Å². The highest BCUT2D eigenvalue weighted by atomic mass is 32.2. The molecule has 0 radical (unpaired) electrons. The first kappa shape index (κ1) is 19.9. The lowest BCUT2D eigenvalue weighted by molar-refractivity contribution is -0.113. The number of para-hydroxylation sites is 1. The molecule has 0 saturated carbocycles. The molecule has 7 heteroatoms. The molecule has 3 aromatic rings. The summed E-state index contributed by atoms with van der Waals surface area (Å²) in [4.78, 5) is 12.5. The number of nitrogen functional groups attached to an aromatic ring is 1.